The predicted octanol–water partition coefficient (Wildman–Crippen LogP) is 0.961. The van der Waals surface area contributed by atoms with Gasteiger partial charge in [0.05, 0.1) is 6.61 Å². The first kappa shape index (κ1) is 14.1. The lowest BCUT2D eigenvalue weighted by Gasteiger charge is -2.08. The van der Waals surface area contributed by atoms with Crippen LogP contribution in [0.25, 0.3) is 0 Å². The molecule has 0 aliphatic rings. The molecule has 0 fully saturated rings. The number of rotatable bonds is 6. The summed E-state index contributed by atoms with van der Waals surface area (Å²) in [6, 6.07) is 0. The van der Waals surface area contributed by atoms with Crippen LogP contribution in [-0.4, -0.2) is 27.2 Å². The van der Waals surface area contributed by atoms with Crippen LogP contribution in [0.4, 0.5) is 0 Å². The first-order chi connectivity index (χ1) is 8.00. The van der Waals surface area contributed by atoms with Crippen molar-refractivity contribution in [1.82, 2.24) is 9.55 Å². The fraction of sp³-hybridized carbons (Fsp3) is 0.636. The van der Waals surface area contributed by atoms with E-state index in [1.165, 1.54) is 10.8 Å². The average molecular weight is 258 g/mol. The van der Waals surface area contributed by atoms with Gasteiger partial charge in [0, 0.05) is 17.5 Å². The van der Waals surface area contributed by atoms with Gasteiger partial charge in [0.2, 0.25) is 0 Å². The number of H-pyrrole nitrogens is 1. The number of ether oxygens (including phenoxy) is 1. The van der Waals surface area contributed by atoms with Crippen LogP contribution in [0.3, 0.4) is 0 Å². The molecular weight excluding hydrogens is 240 g/mol. The van der Waals surface area contributed by atoms with Crippen molar-refractivity contribution in [3.05, 3.63) is 32.6 Å². The Kier molecular flexibility index (Phi) is 5.50. The number of nitrogens with one attached hydrogen (secondary N) is 1. The van der Waals surface area contributed by atoms with Crippen molar-refractivity contribution in [2.24, 2.45) is 0 Å². The number of aromatic nitrogens is 2. The van der Waals surface area contributed by atoms with Gasteiger partial charge in [-0.3, -0.25) is 14.3 Å². The number of nitrogens with zero attached hydrogens (tertiary/aromatic N) is 1. The summed E-state index contributed by atoms with van der Waals surface area (Å²) in [5.41, 5.74) is -0.275. The maximum atomic E-state index is 11.4. The van der Waals surface area contributed by atoms with Crippen LogP contribution in [-0.2, 0) is 11.5 Å². The summed E-state index contributed by atoms with van der Waals surface area (Å²) in [6.45, 7) is 6.67. The molecule has 1 heterocycles. The highest BCUT2D eigenvalue weighted by Crippen LogP contribution is 2.07. The first-order valence-corrected chi connectivity index (χ1v) is 6.55. The molecule has 0 saturated heterocycles. The van der Waals surface area contributed by atoms with E-state index in [-0.39, 0.29) is 12.3 Å². The van der Waals surface area contributed by atoms with E-state index in [4.69, 9.17) is 4.74 Å². The monoisotopic (exact) mass is 258 g/mol. The Balaban J connectivity index is 2.45. The predicted molar refractivity (Wildman–Crippen MR) is 69.6 cm³/mol. The molecule has 5 nitrogen and oxygen atoms in total. The van der Waals surface area contributed by atoms with Gasteiger partial charge in [0.1, 0.15) is 6.73 Å². The van der Waals surface area contributed by atoms with Crippen molar-refractivity contribution in [3.8, 4) is 0 Å². The minimum Gasteiger partial charge on any atom is -0.360 e. The molecule has 0 aliphatic heterocycles. The summed E-state index contributed by atoms with van der Waals surface area (Å²) < 4.78 is 6.72. The summed E-state index contributed by atoms with van der Waals surface area (Å²) in [7, 11) is 0. The molecule has 0 unspecified atom stereocenters. The lowest BCUT2D eigenvalue weighted by Crippen LogP contribution is -2.31. The standard InChI is InChI=1S/C11H18N2O3S/c1-8(2)17-5-4-16-7-13-6-9(3)10(14)12-11(13)15/h6,8H,4-5,7H2,1-3H3,(H,12,14,15). The summed E-state index contributed by atoms with van der Waals surface area (Å²) >= 11 is 1.81. The first-order valence-electron chi connectivity index (χ1n) is 5.50. The average Bonchev–Trinajstić information content (AvgIpc) is 2.24. The third-order valence-electron chi connectivity index (χ3n) is 2.10. The molecule has 0 radical (unpaired) electrons. The maximum Gasteiger partial charge on any atom is 0.330 e. The minimum atomic E-state index is -0.433. The van der Waals surface area contributed by atoms with Gasteiger partial charge in [-0.2, -0.15) is 11.8 Å². The van der Waals surface area contributed by atoms with E-state index in [1.807, 2.05) is 0 Å². The summed E-state index contributed by atoms with van der Waals surface area (Å²) in [5, 5.41) is 0.580. The molecule has 17 heavy (non-hydrogen) atoms. The van der Waals surface area contributed by atoms with Crippen molar-refractivity contribution in [2.45, 2.75) is 32.8 Å². The Bertz CT molecular complexity index is 465. The van der Waals surface area contributed by atoms with E-state index < -0.39 is 5.69 Å². The molecule has 6 heteroatoms. The van der Waals surface area contributed by atoms with Gasteiger partial charge >= 0.3 is 5.69 Å². The minimum absolute atomic E-state index is 0.176. The topological polar surface area (TPSA) is 64.1 Å². The molecule has 1 rings (SSSR count). The molecule has 96 valence electrons. The van der Waals surface area contributed by atoms with E-state index in [2.05, 4.69) is 18.8 Å². The van der Waals surface area contributed by atoms with Crippen LogP contribution in [0.5, 0.6) is 0 Å². The highest BCUT2D eigenvalue weighted by Gasteiger charge is 2.00. The van der Waals surface area contributed by atoms with Crippen molar-refractivity contribution in [1.29, 1.82) is 0 Å². The maximum absolute atomic E-state index is 11.4. The third-order valence-corrected chi connectivity index (χ3v) is 3.17. The highest BCUT2D eigenvalue weighted by atomic mass is 32.2. The van der Waals surface area contributed by atoms with Crippen molar-refractivity contribution in [2.75, 3.05) is 12.4 Å². The van der Waals surface area contributed by atoms with Gasteiger partial charge in [-0.05, 0) is 12.2 Å². The SMILES string of the molecule is Cc1cn(COCCSC(C)C)c(=O)[nH]c1=O. The Hall–Kier alpha value is -1.01. The highest BCUT2D eigenvalue weighted by molar-refractivity contribution is 7.99. The Morgan fingerprint density at radius 2 is 2.18 bits per heavy atom. The third kappa shape index (κ3) is 4.79. The number of hydrogen-bond acceptors (Lipinski definition) is 4. The van der Waals surface area contributed by atoms with Crippen LogP contribution in [0.2, 0.25) is 0 Å². The van der Waals surface area contributed by atoms with Gasteiger partial charge in [-0.15, -0.1) is 0 Å². The Morgan fingerprint density at radius 3 is 2.82 bits per heavy atom. The summed E-state index contributed by atoms with van der Waals surface area (Å²) in [4.78, 5) is 24.7. The largest absolute Gasteiger partial charge is 0.360 e. The molecule has 0 aliphatic carbocycles. The smallest absolute Gasteiger partial charge is 0.330 e. The van der Waals surface area contributed by atoms with Gasteiger partial charge in [0.15, 0.2) is 0 Å². The zero-order valence-electron chi connectivity index (χ0n) is 10.4. The van der Waals surface area contributed by atoms with Gasteiger partial charge < -0.3 is 4.74 Å². The second-order valence-electron chi connectivity index (χ2n) is 4.00. The second kappa shape index (κ2) is 6.66. The second-order valence-corrected chi connectivity index (χ2v) is 5.68. The molecule has 0 saturated carbocycles. The van der Waals surface area contributed by atoms with E-state index in [1.54, 1.807) is 18.7 Å². The van der Waals surface area contributed by atoms with Gasteiger partial charge in [-0.1, -0.05) is 13.8 Å². The van der Waals surface area contributed by atoms with Crippen molar-refractivity contribution < 1.29 is 4.74 Å². The van der Waals surface area contributed by atoms with Crippen molar-refractivity contribution >= 4 is 11.8 Å². The van der Waals surface area contributed by atoms with Crippen LogP contribution in [0.15, 0.2) is 15.8 Å². The van der Waals surface area contributed by atoms with E-state index in [0.717, 1.165) is 5.75 Å². The van der Waals surface area contributed by atoms with Gasteiger partial charge in [-0.25, -0.2) is 4.79 Å². The van der Waals surface area contributed by atoms with Crippen LogP contribution in [0, 0.1) is 6.92 Å². The normalized spacial score (nSPS) is 11.1. The van der Waals surface area contributed by atoms with Crippen LogP contribution in [0.1, 0.15) is 19.4 Å². The molecule has 0 aromatic carbocycles. The molecule has 1 aromatic heterocycles. The van der Waals surface area contributed by atoms with E-state index in [9.17, 15) is 9.59 Å². The quantitative estimate of drug-likeness (QED) is 0.772. The number of aryl methyl sites for hydroxylation is 1. The fourth-order valence-corrected chi connectivity index (χ4v) is 1.91. The lowest BCUT2D eigenvalue weighted by atomic mass is 10.4. The number of hydrogen-bond donors (Lipinski definition) is 1. The van der Waals surface area contributed by atoms with Gasteiger partial charge in [0.25, 0.3) is 5.56 Å². The molecule has 0 spiro atoms. The van der Waals surface area contributed by atoms with Crippen molar-refractivity contribution in [3.63, 3.8) is 0 Å². The number of thioether (sulfide) groups is 1. The van der Waals surface area contributed by atoms with Crippen LogP contribution >= 0.6 is 11.8 Å². The number of aromatic amines is 1. The molecule has 0 bridgehead atoms. The van der Waals surface area contributed by atoms with Crippen LogP contribution < -0.4 is 11.2 Å². The molecule has 0 amide bonds. The Morgan fingerprint density at radius 1 is 1.47 bits per heavy atom. The van der Waals surface area contributed by atoms with E-state index in [0.29, 0.717) is 17.4 Å². The lowest BCUT2D eigenvalue weighted by molar-refractivity contribution is 0.0861. The zero-order valence-corrected chi connectivity index (χ0v) is 11.2. The molecular formula is C11H18N2O3S. The van der Waals surface area contributed by atoms with E-state index >= 15 is 0 Å². The molecule has 1 N–H and O–H groups in total. The molecule has 0 atom stereocenters. The zero-order chi connectivity index (χ0) is 12.8. The summed E-state index contributed by atoms with van der Waals surface area (Å²) in [6.07, 6.45) is 1.51. The fourth-order valence-electron chi connectivity index (χ4n) is 1.22. The Labute approximate surface area is 104 Å². The molecule has 1 aromatic rings. The summed E-state index contributed by atoms with van der Waals surface area (Å²) in [5.74, 6) is 0.898.